The Morgan fingerprint density at radius 2 is 1.86 bits per heavy atom. The number of nitrogens with two attached hydrogens (primary N) is 1. The average Bonchev–Trinajstić information content (AvgIpc) is 2.79. The van der Waals surface area contributed by atoms with E-state index < -0.39 is 5.79 Å². The molecule has 1 heterocycles. The predicted molar refractivity (Wildman–Crippen MR) is 87.0 cm³/mol. The lowest BCUT2D eigenvalue weighted by molar-refractivity contribution is -0.173. The van der Waals surface area contributed by atoms with E-state index in [1.807, 2.05) is 24.3 Å². The summed E-state index contributed by atoms with van der Waals surface area (Å²) in [7, 11) is 0. The smallest absolute Gasteiger partial charge is 0.230 e. The number of benzene rings is 2. The highest BCUT2D eigenvalue weighted by atomic mass is 35.5. The Balaban J connectivity index is 2.17. The highest BCUT2D eigenvalue weighted by molar-refractivity contribution is 6.34. The summed E-state index contributed by atoms with van der Waals surface area (Å²) in [5, 5.41) is 20.2. The van der Waals surface area contributed by atoms with Crippen LogP contribution in [0.5, 0.6) is 5.75 Å². The zero-order valence-corrected chi connectivity index (χ0v) is 13.2. The summed E-state index contributed by atoms with van der Waals surface area (Å²) in [5.41, 5.74) is 9.17. The first-order valence-corrected chi connectivity index (χ1v) is 7.49. The van der Waals surface area contributed by atoms with E-state index in [0.29, 0.717) is 22.9 Å². The third kappa shape index (κ3) is 2.33. The molecule has 0 amide bonds. The molecule has 0 radical (unpaired) electrons. The van der Waals surface area contributed by atoms with E-state index in [9.17, 15) is 10.2 Å². The molecule has 4 N–H and O–H groups in total. The summed E-state index contributed by atoms with van der Waals surface area (Å²) in [6.07, 6.45) is 0. The van der Waals surface area contributed by atoms with Crippen LogP contribution in [0.2, 0.25) is 5.02 Å². The molecule has 0 aromatic heterocycles. The van der Waals surface area contributed by atoms with Gasteiger partial charge in [-0.15, -0.1) is 0 Å². The molecule has 4 nitrogen and oxygen atoms in total. The van der Waals surface area contributed by atoms with Gasteiger partial charge in [0.05, 0.1) is 16.3 Å². The van der Waals surface area contributed by atoms with E-state index in [-0.39, 0.29) is 17.2 Å². The number of anilines is 1. The number of nitrogen functional groups attached to an aromatic ring is 1. The van der Waals surface area contributed by atoms with E-state index in [1.54, 1.807) is 6.07 Å². The normalized spacial score (nSPS) is 15.7. The number of halogens is 1. The second-order valence-electron chi connectivity index (χ2n) is 5.91. The van der Waals surface area contributed by atoms with Gasteiger partial charge in [-0.1, -0.05) is 49.7 Å². The van der Waals surface area contributed by atoms with Crippen LogP contribution in [-0.2, 0) is 5.79 Å². The van der Waals surface area contributed by atoms with Crippen molar-refractivity contribution in [2.75, 3.05) is 12.3 Å². The fourth-order valence-corrected chi connectivity index (χ4v) is 2.97. The second kappa shape index (κ2) is 5.16. The molecule has 0 spiro atoms. The van der Waals surface area contributed by atoms with E-state index in [2.05, 4.69) is 13.8 Å². The lowest BCUT2D eigenvalue weighted by Gasteiger charge is -2.16. The van der Waals surface area contributed by atoms with E-state index >= 15 is 0 Å². The first-order valence-electron chi connectivity index (χ1n) is 7.11. The predicted octanol–water partition coefficient (Wildman–Crippen LogP) is 3.24. The van der Waals surface area contributed by atoms with Crippen molar-refractivity contribution in [2.45, 2.75) is 25.6 Å². The zero-order chi connectivity index (χ0) is 16.1. The number of aliphatic hydroxyl groups is 2. The molecule has 0 saturated heterocycles. The number of fused-ring (bicyclic) bond motifs is 1. The number of hydrogen-bond acceptors (Lipinski definition) is 4. The summed E-state index contributed by atoms with van der Waals surface area (Å²) >= 11 is 6.12. The molecule has 0 atom stereocenters. The molecule has 3 rings (SSSR count). The number of rotatable bonds is 2. The molecule has 1 aliphatic heterocycles. The van der Waals surface area contributed by atoms with Gasteiger partial charge in [0, 0.05) is 5.56 Å². The summed E-state index contributed by atoms with van der Waals surface area (Å²) in [4.78, 5) is 0. The molecule has 5 heteroatoms. The molecule has 22 heavy (non-hydrogen) atoms. The SMILES string of the molecule is CC(C)c1ccc(-c2cc(N)c(Cl)c3c2OCC3(O)O)cc1. The molecule has 1 aliphatic rings. The Kier molecular flexibility index (Phi) is 3.56. The van der Waals surface area contributed by atoms with Crippen molar-refractivity contribution in [3.8, 4) is 16.9 Å². The average molecular weight is 320 g/mol. The van der Waals surface area contributed by atoms with Crippen LogP contribution in [0.1, 0.15) is 30.9 Å². The van der Waals surface area contributed by atoms with Gasteiger partial charge in [-0.05, 0) is 23.1 Å². The second-order valence-corrected chi connectivity index (χ2v) is 6.29. The third-order valence-corrected chi connectivity index (χ3v) is 4.36. The molecule has 0 fully saturated rings. The fourth-order valence-electron chi connectivity index (χ4n) is 2.68. The van der Waals surface area contributed by atoms with Crippen LogP contribution in [0.3, 0.4) is 0 Å². The summed E-state index contributed by atoms with van der Waals surface area (Å²) in [6.45, 7) is 3.99. The van der Waals surface area contributed by atoms with Gasteiger partial charge in [0.2, 0.25) is 5.79 Å². The van der Waals surface area contributed by atoms with Crippen molar-refractivity contribution in [1.82, 2.24) is 0 Å². The van der Waals surface area contributed by atoms with Crippen LogP contribution < -0.4 is 10.5 Å². The van der Waals surface area contributed by atoms with Crippen molar-refractivity contribution in [1.29, 1.82) is 0 Å². The molecule has 0 unspecified atom stereocenters. The van der Waals surface area contributed by atoms with Crippen LogP contribution in [0.4, 0.5) is 5.69 Å². The highest BCUT2D eigenvalue weighted by Crippen LogP contribution is 2.48. The minimum atomic E-state index is -2.12. The lowest BCUT2D eigenvalue weighted by Crippen LogP contribution is -2.26. The maximum absolute atomic E-state index is 10.0. The first-order chi connectivity index (χ1) is 10.3. The Morgan fingerprint density at radius 1 is 1.23 bits per heavy atom. The first kappa shape index (κ1) is 15.2. The van der Waals surface area contributed by atoms with E-state index in [1.165, 1.54) is 5.56 Å². The number of ether oxygens (including phenoxy) is 1. The van der Waals surface area contributed by atoms with Gasteiger partial charge < -0.3 is 20.7 Å². The maximum atomic E-state index is 10.0. The topological polar surface area (TPSA) is 75.7 Å². The van der Waals surface area contributed by atoms with Crippen molar-refractivity contribution >= 4 is 17.3 Å². The van der Waals surface area contributed by atoms with Crippen LogP contribution in [0.25, 0.3) is 11.1 Å². The molecule has 0 aliphatic carbocycles. The van der Waals surface area contributed by atoms with E-state index in [4.69, 9.17) is 22.1 Å². The van der Waals surface area contributed by atoms with Gasteiger partial charge in [-0.25, -0.2) is 0 Å². The van der Waals surface area contributed by atoms with Gasteiger partial charge in [-0.3, -0.25) is 0 Å². The molecule has 0 saturated carbocycles. The van der Waals surface area contributed by atoms with Crippen LogP contribution in [-0.4, -0.2) is 16.8 Å². The summed E-state index contributed by atoms with van der Waals surface area (Å²) in [5.74, 6) is -1.30. The largest absolute Gasteiger partial charge is 0.486 e. The quantitative estimate of drug-likeness (QED) is 0.586. The Morgan fingerprint density at radius 3 is 2.45 bits per heavy atom. The van der Waals surface area contributed by atoms with Crippen molar-refractivity contribution in [3.05, 3.63) is 46.5 Å². The van der Waals surface area contributed by atoms with Gasteiger partial charge in [-0.2, -0.15) is 0 Å². The maximum Gasteiger partial charge on any atom is 0.230 e. The highest BCUT2D eigenvalue weighted by Gasteiger charge is 2.41. The van der Waals surface area contributed by atoms with Gasteiger partial charge in [0.25, 0.3) is 0 Å². The van der Waals surface area contributed by atoms with Crippen molar-refractivity contribution < 1.29 is 14.9 Å². The molecule has 2 aromatic rings. The van der Waals surface area contributed by atoms with Crippen LogP contribution in [0.15, 0.2) is 30.3 Å². The monoisotopic (exact) mass is 319 g/mol. The van der Waals surface area contributed by atoms with Gasteiger partial charge >= 0.3 is 0 Å². The fraction of sp³-hybridized carbons (Fsp3) is 0.294. The Hall–Kier alpha value is -1.75. The van der Waals surface area contributed by atoms with Crippen LogP contribution in [0, 0.1) is 0 Å². The standard InChI is InChI=1S/C17H18ClNO3/c1-9(2)10-3-5-11(6-4-10)12-7-13(19)15(18)14-16(12)22-8-17(14,20)21/h3-7,9,20-21H,8,19H2,1-2H3. The molecule has 116 valence electrons. The molecule has 0 bridgehead atoms. The Labute approximate surface area is 134 Å². The Bertz CT molecular complexity index is 724. The van der Waals surface area contributed by atoms with Gasteiger partial charge in [0.1, 0.15) is 12.4 Å². The molecule has 2 aromatic carbocycles. The van der Waals surface area contributed by atoms with E-state index in [0.717, 1.165) is 5.56 Å². The summed E-state index contributed by atoms with van der Waals surface area (Å²) in [6, 6.07) is 9.72. The number of hydrogen-bond donors (Lipinski definition) is 3. The van der Waals surface area contributed by atoms with Crippen molar-refractivity contribution in [2.24, 2.45) is 0 Å². The third-order valence-electron chi connectivity index (χ3n) is 3.95. The van der Waals surface area contributed by atoms with Crippen LogP contribution >= 0.6 is 11.6 Å². The zero-order valence-electron chi connectivity index (χ0n) is 12.4. The minimum Gasteiger partial charge on any atom is -0.486 e. The molecular weight excluding hydrogens is 302 g/mol. The molecular formula is C17H18ClNO3. The minimum absolute atomic E-state index is 0.125. The summed E-state index contributed by atoms with van der Waals surface area (Å²) < 4.78 is 5.47. The van der Waals surface area contributed by atoms with Gasteiger partial charge in [0.15, 0.2) is 0 Å². The van der Waals surface area contributed by atoms with Crippen molar-refractivity contribution in [3.63, 3.8) is 0 Å². The lowest BCUT2D eigenvalue weighted by atomic mass is 9.95.